The summed E-state index contributed by atoms with van der Waals surface area (Å²) in [7, 11) is 0. The van der Waals surface area contributed by atoms with E-state index in [0.717, 1.165) is 39.4 Å². The molecule has 51 heavy (non-hydrogen) atoms. The van der Waals surface area contributed by atoms with E-state index in [2.05, 4.69) is 161 Å². The van der Waals surface area contributed by atoms with Crippen LogP contribution in [0.3, 0.4) is 0 Å². The Morgan fingerprint density at radius 3 is 1.88 bits per heavy atom. The van der Waals surface area contributed by atoms with E-state index in [9.17, 15) is 0 Å². The number of rotatable bonds is 4. The molecule has 238 valence electrons. The van der Waals surface area contributed by atoms with Gasteiger partial charge in [-0.15, -0.1) is 11.3 Å². The summed E-state index contributed by atoms with van der Waals surface area (Å²) < 4.78 is 7.29. The van der Waals surface area contributed by atoms with E-state index in [1.165, 1.54) is 52.8 Å². The van der Waals surface area contributed by atoms with Crippen molar-refractivity contribution in [1.29, 1.82) is 0 Å². The number of nitrogens with zero attached hydrogens (tertiary/aromatic N) is 4. The lowest BCUT2D eigenvalue weighted by atomic mass is 10.1. The Hall–Kier alpha value is -6.56. The minimum Gasteiger partial charge on any atom is -0.309 e. The molecule has 0 amide bonds. The number of benzene rings is 7. The Balaban J connectivity index is 1.23. The lowest BCUT2D eigenvalue weighted by Crippen LogP contribution is -2.02. The first kappa shape index (κ1) is 28.3. The maximum absolute atomic E-state index is 5.32. The second-order valence-corrected chi connectivity index (χ2v) is 14.1. The van der Waals surface area contributed by atoms with Crippen molar-refractivity contribution >= 4 is 75.1 Å². The summed E-state index contributed by atoms with van der Waals surface area (Å²) in [6.07, 6.45) is 0. The molecule has 7 aromatic carbocycles. The number of hydrogen-bond donors (Lipinski definition) is 0. The lowest BCUT2D eigenvalue weighted by molar-refractivity contribution is 1.05. The minimum atomic E-state index is 0.699. The summed E-state index contributed by atoms with van der Waals surface area (Å²) in [5.41, 5.74) is 8.68. The Morgan fingerprint density at radius 1 is 0.412 bits per heavy atom. The predicted octanol–water partition coefficient (Wildman–Crippen LogP) is 12.4. The van der Waals surface area contributed by atoms with Crippen molar-refractivity contribution in [2.24, 2.45) is 0 Å². The molecule has 0 unspecified atom stereocenters. The molecule has 11 aromatic rings. The van der Waals surface area contributed by atoms with Crippen LogP contribution in [0, 0.1) is 0 Å². The first-order chi connectivity index (χ1) is 25.3. The van der Waals surface area contributed by atoms with E-state index < -0.39 is 0 Å². The van der Waals surface area contributed by atoms with Gasteiger partial charge in [0, 0.05) is 64.6 Å². The van der Waals surface area contributed by atoms with Crippen molar-refractivity contribution in [3.05, 3.63) is 170 Å². The zero-order valence-corrected chi connectivity index (χ0v) is 28.2. The van der Waals surface area contributed by atoms with Crippen LogP contribution in [0.15, 0.2) is 170 Å². The van der Waals surface area contributed by atoms with Gasteiger partial charge in [-0.1, -0.05) is 121 Å². The van der Waals surface area contributed by atoms with Crippen molar-refractivity contribution in [2.45, 2.75) is 0 Å². The normalized spacial score (nSPS) is 11.9. The highest BCUT2D eigenvalue weighted by atomic mass is 32.1. The quantitative estimate of drug-likeness (QED) is 0.187. The summed E-state index contributed by atoms with van der Waals surface area (Å²) >= 11 is 1.83. The maximum Gasteiger partial charge on any atom is 0.162 e. The van der Waals surface area contributed by atoms with Gasteiger partial charge in [-0.05, 0) is 42.5 Å². The van der Waals surface area contributed by atoms with E-state index in [0.29, 0.717) is 5.82 Å². The fourth-order valence-corrected chi connectivity index (χ4v) is 9.04. The molecule has 0 N–H and O–H groups in total. The smallest absolute Gasteiger partial charge is 0.162 e. The van der Waals surface area contributed by atoms with Crippen LogP contribution < -0.4 is 0 Å². The molecular formula is C46H28N4S. The molecule has 0 aliphatic carbocycles. The number of aromatic nitrogens is 4. The summed E-state index contributed by atoms with van der Waals surface area (Å²) in [4.78, 5) is 10.5. The Bertz CT molecular complexity index is 3130. The number of thiophene rings is 1. The second-order valence-electron chi connectivity index (χ2n) is 13.0. The average molecular weight is 669 g/mol. The molecule has 0 saturated heterocycles. The molecule has 0 atom stereocenters. The molecule has 0 spiro atoms. The third kappa shape index (κ3) is 4.25. The molecule has 0 fully saturated rings. The van der Waals surface area contributed by atoms with Crippen molar-refractivity contribution in [3.63, 3.8) is 0 Å². The molecule has 4 nitrogen and oxygen atoms in total. The summed E-state index contributed by atoms with van der Waals surface area (Å²) in [6, 6.07) is 60.5. The first-order valence-corrected chi connectivity index (χ1v) is 18.0. The molecule has 0 bridgehead atoms. The number of para-hydroxylation sites is 3. The van der Waals surface area contributed by atoms with Gasteiger partial charge in [0.2, 0.25) is 0 Å². The van der Waals surface area contributed by atoms with Crippen LogP contribution in [0.2, 0.25) is 0 Å². The zero-order chi connectivity index (χ0) is 33.5. The highest BCUT2D eigenvalue weighted by molar-refractivity contribution is 7.25. The molecule has 0 radical (unpaired) electrons. The van der Waals surface area contributed by atoms with E-state index in [1.807, 2.05) is 29.5 Å². The van der Waals surface area contributed by atoms with Crippen molar-refractivity contribution in [2.75, 3.05) is 0 Å². The van der Waals surface area contributed by atoms with Crippen LogP contribution in [0.4, 0.5) is 0 Å². The van der Waals surface area contributed by atoms with Crippen LogP contribution in [0.1, 0.15) is 0 Å². The molecule has 5 heteroatoms. The minimum absolute atomic E-state index is 0.699. The second kappa shape index (κ2) is 11.0. The van der Waals surface area contributed by atoms with E-state index >= 15 is 0 Å². The SMILES string of the molecule is c1ccc(-c2nc(-c3ccc4c(c3)sc3ccccc34)cc(-n3c4ccccc4c4c3ccc3c5ccccc5n(-c5ccccc5)c34)n2)cc1. The van der Waals surface area contributed by atoms with E-state index in [-0.39, 0.29) is 0 Å². The largest absolute Gasteiger partial charge is 0.309 e. The fraction of sp³-hybridized carbons (Fsp3) is 0. The van der Waals surface area contributed by atoms with Crippen molar-refractivity contribution < 1.29 is 0 Å². The molecule has 11 rings (SSSR count). The van der Waals surface area contributed by atoms with Gasteiger partial charge in [0.1, 0.15) is 5.82 Å². The van der Waals surface area contributed by atoms with Crippen LogP contribution in [0.25, 0.3) is 97.9 Å². The fourth-order valence-electron chi connectivity index (χ4n) is 7.90. The molecule has 4 aromatic heterocycles. The number of hydrogen-bond acceptors (Lipinski definition) is 3. The first-order valence-electron chi connectivity index (χ1n) is 17.2. The zero-order valence-electron chi connectivity index (χ0n) is 27.4. The molecular weight excluding hydrogens is 641 g/mol. The third-order valence-corrected chi connectivity index (χ3v) is 11.3. The van der Waals surface area contributed by atoms with Gasteiger partial charge in [0.15, 0.2) is 5.82 Å². The van der Waals surface area contributed by atoms with Gasteiger partial charge >= 0.3 is 0 Å². The third-order valence-electron chi connectivity index (χ3n) is 10.1. The van der Waals surface area contributed by atoms with Gasteiger partial charge in [-0.3, -0.25) is 4.57 Å². The highest BCUT2D eigenvalue weighted by Gasteiger charge is 2.22. The number of fused-ring (bicyclic) bond motifs is 10. The maximum atomic E-state index is 5.32. The monoisotopic (exact) mass is 668 g/mol. The Morgan fingerprint density at radius 2 is 1.06 bits per heavy atom. The summed E-state index contributed by atoms with van der Waals surface area (Å²) in [6.45, 7) is 0. The van der Waals surface area contributed by atoms with E-state index in [1.54, 1.807) is 0 Å². The lowest BCUT2D eigenvalue weighted by Gasteiger charge is -2.12. The predicted molar refractivity (Wildman–Crippen MR) is 214 cm³/mol. The molecule has 4 heterocycles. The van der Waals surface area contributed by atoms with Crippen LogP contribution >= 0.6 is 11.3 Å². The summed E-state index contributed by atoms with van der Waals surface area (Å²) in [5, 5.41) is 7.43. The molecule has 0 aliphatic rings. The van der Waals surface area contributed by atoms with Gasteiger partial charge in [0.05, 0.1) is 27.8 Å². The van der Waals surface area contributed by atoms with Crippen molar-refractivity contribution in [3.8, 4) is 34.2 Å². The van der Waals surface area contributed by atoms with Crippen LogP contribution in [0.5, 0.6) is 0 Å². The Labute approximate surface area is 297 Å². The van der Waals surface area contributed by atoms with Gasteiger partial charge < -0.3 is 4.57 Å². The highest BCUT2D eigenvalue weighted by Crippen LogP contribution is 2.42. The van der Waals surface area contributed by atoms with Gasteiger partial charge in [-0.25, -0.2) is 9.97 Å². The van der Waals surface area contributed by atoms with Crippen LogP contribution in [-0.4, -0.2) is 19.1 Å². The Kier molecular flexibility index (Phi) is 6.09. The van der Waals surface area contributed by atoms with Gasteiger partial charge in [-0.2, -0.15) is 0 Å². The van der Waals surface area contributed by atoms with E-state index in [4.69, 9.17) is 9.97 Å². The van der Waals surface area contributed by atoms with Crippen LogP contribution in [-0.2, 0) is 0 Å². The topological polar surface area (TPSA) is 35.6 Å². The summed E-state index contributed by atoms with van der Waals surface area (Å²) in [5.74, 6) is 1.54. The average Bonchev–Trinajstić information content (AvgIpc) is 3.86. The molecule has 0 aliphatic heterocycles. The standard InChI is InChI=1S/C46H28N4S/c1-3-13-29(14-4-1)46-47-37(30-23-24-34-33-18-9-12-22-41(33)51-42(34)27-30)28-43(48-46)50-39-21-11-8-19-36(39)44-40(50)26-25-35-32-17-7-10-20-38(32)49(45(35)44)31-15-5-2-6-16-31/h1-28H. The van der Waals surface area contributed by atoms with Gasteiger partial charge in [0.25, 0.3) is 0 Å². The molecule has 0 saturated carbocycles. The van der Waals surface area contributed by atoms with Crippen molar-refractivity contribution in [1.82, 2.24) is 19.1 Å².